The Labute approximate surface area is 110 Å². The zero-order chi connectivity index (χ0) is 13.8. The first-order valence-corrected chi connectivity index (χ1v) is 6.15. The zero-order valence-corrected chi connectivity index (χ0v) is 10.5. The lowest BCUT2D eigenvalue weighted by Gasteiger charge is -2.28. The smallest absolute Gasteiger partial charge is 0.293 e. The van der Waals surface area contributed by atoms with Gasteiger partial charge >= 0.3 is 0 Å². The van der Waals surface area contributed by atoms with E-state index >= 15 is 0 Å². The molecule has 1 aliphatic rings. The van der Waals surface area contributed by atoms with Gasteiger partial charge < -0.3 is 15.8 Å². The summed E-state index contributed by atoms with van der Waals surface area (Å²) in [4.78, 5) is 12.7. The van der Waals surface area contributed by atoms with Crippen molar-refractivity contribution in [3.05, 3.63) is 33.9 Å². The average Bonchev–Trinajstić information content (AvgIpc) is 2.46. The molecule has 0 bridgehead atoms. The zero-order valence-electron chi connectivity index (χ0n) is 10.5. The van der Waals surface area contributed by atoms with Crippen LogP contribution in [0.15, 0.2) is 23.4 Å². The molecule has 1 aromatic carbocycles. The summed E-state index contributed by atoms with van der Waals surface area (Å²) in [5.41, 5.74) is 6.39. The standard InChI is InChI=1S/C12H16N4O3/c13-12(14-17)9-4-5-10(11(8-9)16(18)19)15-6-2-1-3-7-15/h4-5,8,17H,1-3,6-7H2,(H2,13,14). The Morgan fingerprint density at radius 1 is 1.37 bits per heavy atom. The van der Waals surface area contributed by atoms with Crippen LogP contribution >= 0.6 is 0 Å². The molecule has 1 fully saturated rings. The van der Waals surface area contributed by atoms with E-state index in [2.05, 4.69) is 5.16 Å². The molecular weight excluding hydrogens is 248 g/mol. The van der Waals surface area contributed by atoms with Crippen LogP contribution < -0.4 is 10.6 Å². The number of benzene rings is 1. The first-order valence-electron chi connectivity index (χ1n) is 6.15. The lowest BCUT2D eigenvalue weighted by atomic mass is 10.1. The average molecular weight is 264 g/mol. The number of nitro benzene ring substituents is 1. The van der Waals surface area contributed by atoms with Gasteiger partial charge in [-0.1, -0.05) is 5.16 Å². The Morgan fingerprint density at radius 3 is 2.63 bits per heavy atom. The highest BCUT2D eigenvalue weighted by Crippen LogP contribution is 2.31. The van der Waals surface area contributed by atoms with Crippen LogP contribution in [-0.4, -0.2) is 29.1 Å². The minimum absolute atomic E-state index is 0.00833. The largest absolute Gasteiger partial charge is 0.409 e. The van der Waals surface area contributed by atoms with Gasteiger partial charge in [0.2, 0.25) is 0 Å². The lowest BCUT2D eigenvalue weighted by molar-refractivity contribution is -0.384. The first kappa shape index (κ1) is 13.1. The van der Waals surface area contributed by atoms with Crippen molar-refractivity contribution in [2.45, 2.75) is 19.3 Å². The van der Waals surface area contributed by atoms with E-state index in [9.17, 15) is 10.1 Å². The number of rotatable bonds is 3. The van der Waals surface area contributed by atoms with Crippen molar-refractivity contribution >= 4 is 17.2 Å². The molecule has 0 spiro atoms. The minimum Gasteiger partial charge on any atom is -0.409 e. The number of anilines is 1. The monoisotopic (exact) mass is 264 g/mol. The van der Waals surface area contributed by atoms with Crippen LogP contribution in [0, 0.1) is 10.1 Å². The first-order chi connectivity index (χ1) is 9.13. The van der Waals surface area contributed by atoms with Crippen molar-refractivity contribution in [1.29, 1.82) is 0 Å². The van der Waals surface area contributed by atoms with Gasteiger partial charge in [-0.25, -0.2) is 0 Å². The van der Waals surface area contributed by atoms with E-state index in [1.54, 1.807) is 12.1 Å². The number of amidine groups is 1. The Bertz CT molecular complexity index is 510. The molecule has 1 aliphatic heterocycles. The molecule has 1 aromatic rings. The number of hydrogen-bond donors (Lipinski definition) is 2. The van der Waals surface area contributed by atoms with Gasteiger partial charge in [0.1, 0.15) is 5.69 Å². The summed E-state index contributed by atoms with van der Waals surface area (Å²) in [6.45, 7) is 1.65. The fourth-order valence-corrected chi connectivity index (χ4v) is 2.29. The maximum absolute atomic E-state index is 11.2. The molecule has 0 radical (unpaired) electrons. The number of nitrogens with zero attached hydrogens (tertiary/aromatic N) is 3. The Kier molecular flexibility index (Phi) is 3.84. The molecule has 0 atom stereocenters. The number of piperidine rings is 1. The summed E-state index contributed by atoms with van der Waals surface area (Å²) >= 11 is 0. The number of nitro groups is 1. The van der Waals surface area contributed by atoms with E-state index < -0.39 is 4.92 Å². The summed E-state index contributed by atoms with van der Waals surface area (Å²) in [6, 6.07) is 4.64. The number of hydrogen-bond acceptors (Lipinski definition) is 5. The molecule has 0 aliphatic carbocycles. The number of oxime groups is 1. The molecule has 0 aromatic heterocycles. The third kappa shape index (κ3) is 2.75. The molecule has 19 heavy (non-hydrogen) atoms. The molecule has 102 valence electrons. The Balaban J connectivity index is 2.40. The van der Waals surface area contributed by atoms with Crippen LogP contribution in [-0.2, 0) is 0 Å². The van der Waals surface area contributed by atoms with E-state index in [4.69, 9.17) is 10.9 Å². The van der Waals surface area contributed by atoms with Crippen LogP contribution in [0.3, 0.4) is 0 Å². The normalized spacial score (nSPS) is 16.4. The van der Waals surface area contributed by atoms with Crippen molar-refractivity contribution in [2.24, 2.45) is 10.9 Å². The van der Waals surface area contributed by atoms with E-state index in [0.29, 0.717) is 11.3 Å². The molecule has 0 amide bonds. The van der Waals surface area contributed by atoms with Crippen molar-refractivity contribution in [1.82, 2.24) is 0 Å². The van der Waals surface area contributed by atoms with E-state index in [1.165, 1.54) is 6.07 Å². The predicted molar refractivity (Wildman–Crippen MR) is 71.7 cm³/mol. The fourth-order valence-electron chi connectivity index (χ4n) is 2.29. The van der Waals surface area contributed by atoms with Crippen molar-refractivity contribution in [3.8, 4) is 0 Å². The molecule has 1 heterocycles. The van der Waals surface area contributed by atoms with Crippen molar-refractivity contribution in [3.63, 3.8) is 0 Å². The fraction of sp³-hybridized carbons (Fsp3) is 0.417. The number of nitrogens with two attached hydrogens (primary N) is 1. The summed E-state index contributed by atoms with van der Waals surface area (Å²) in [7, 11) is 0. The van der Waals surface area contributed by atoms with Gasteiger partial charge in [0.25, 0.3) is 5.69 Å². The highest BCUT2D eigenvalue weighted by atomic mass is 16.6. The van der Waals surface area contributed by atoms with Crippen LogP contribution in [0.5, 0.6) is 0 Å². The third-order valence-electron chi connectivity index (χ3n) is 3.27. The molecule has 2 rings (SSSR count). The van der Waals surface area contributed by atoms with Gasteiger partial charge in [0.05, 0.1) is 4.92 Å². The van der Waals surface area contributed by atoms with E-state index in [-0.39, 0.29) is 11.5 Å². The lowest BCUT2D eigenvalue weighted by Crippen LogP contribution is -2.30. The second-order valence-electron chi connectivity index (χ2n) is 4.49. The highest BCUT2D eigenvalue weighted by Gasteiger charge is 2.22. The SMILES string of the molecule is N/C(=N/O)c1ccc(N2CCCCC2)c([N+](=O)[O-])c1. The highest BCUT2D eigenvalue weighted by molar-refractivity contribution is 5.98. The van der Waals surface area contributed by atoms with Crippen molar-refractivity contribution in [2.75, 3.05) is 18.0 Å². The van der Waals surface area contributed by atoms with Gasteiger partial charge in [-0.3, -0.25) is 10.1 Å². The quantitative estimate of drug-likeness (QED) is 0.284. The molecule has 0 saturated carbocycles. The molecular formula is C12H16N4O3. The van der Waals surface area contributed by atoms with Gasteiger partial charge in [-0.05, 0) is 31.4 Å². The van der Waals surface area contributed by atoms with Gasteiger partial charge in [0.15, 0.2) is 5.84 Å². The molecule has 7 heteroatoms. The summed E-state index contributed by atoms with van der Waals surface area (Å²) in [5.74, 6) is -0.131. The topological polar surface area (TPSA) is 105 Å². The molecule has 1 saturated heterocycles. The van der Waals surface area contributed by atoms with Gasteiger partial charge in [0, 0.05) is 24.7 Å². The van der Waals surface area contributed by atoms with Crippen molar-refractivity contribution < 1.29 is 10.1 Å². The van der Waals surface area contributed by atoms with E-state index in [0.717, 1.165) is 32.4 Å². The molecule has 3 N–H and O–H groups in total. The maximum atomic E-state index is 11.2. The maximum Gasteiger partial charge on any atom is 0.293 e. The Morgan fingerprint density at radius 2 is 2.05 bits per heavy atom. The summed E-state index contributed by atoms with van der Waals surface area (Å²) in [6.07, 6.45) is 3.24. The van der Waals surface area contributed by atoms with Crippen LogP contribution in [0.1, 0.15) is 24.8 Å². The van der Waals surface area contributed by atoms with E-state index in [1.807, 2.05) is 4.90 Å². The summed E-state index contributed by atoms with van der Waals surface area (Å²) < 4.78 is 0. The summed E-state index contributed by atoms with van der Waals surface area (Å²) in [5, 5.41) is 22.6. The van der Waals surface area contributed by atoms with Crippen LogP contribution in [0.25, 0.3) is 0 Å². The van der Waals surface area contributed by atoms with Crippen LogP contribution in [0.4, 0.5) is 11.4 Å². The third-order valence-corrected chi connectivity index (χ3v) is 3.27. The van der Waals surface area contributed by atoms with Crippen LogP contribution in [0.2, 0.25) is 0 Å². The van der Waals surface area contributed by atoms with Gasteiger partial charge in [-0.2, -0.15) is 0 Å². The molecule has 7 nitrogen and oxygen atoms in total. The Hall–Kier alpha value is -2.31. The minimum atomic E-state index is -0.432. The molecule has 0 unspecified atom stereocenters. The predicted octanol–water partition coefficient (Wildman–Crippen LogP) is 1.68. The second-order valence-corrected chi connectivity index (χ2v) is 4.49. The second kappa shape index (κ2) is 5.55. The van der Waals surface area contributed by atoms with Gasteiger partial charge in [-0.15, -0.1) is 0 Å².